The number of para-hydroxylation sites is 2. The second kappa shape index (κ2) is 6.56. The lowest BCUT2D eigenvalue weighted by atomic mass is 10.1. The Morgan fingerprint density at radius 1 is 0.594 bits per heavy atom. The molecule has 3 heteroatoms. The SMILES string of the molecule is c1ccc(-c2cncc3c2oc2ccc(-n4c5ccccc5c5ccccc54)cc23)cc1. The molecule has 4 aromatic carbocycles. The third-order valence-corrected chi connectivity index (χ3v) is 6.28. The Balaban J connectivity index is 1.53. The molecule has 0 unspecified atom stereocenters. The molecule has 0 aliphatic carbocycles. The van der Waals surface area contributed by atoms with Crippen LogP contribution in [-0.4, -0.2) is 9.55 Å². The number of hydrogen-bond donors (Lipinski definition) is 0. The summed E-state index contributed by atoms with van der Waals surface area (Å²) in [6, 6.07) is 33.8. The first-order valence-corrected chi connectivity index (χ1v) is 10.7. The molecule has 150 valence electrons. The van der Waals surface area contributed by atoms with E-state index in [4.69, 9.17) is 4.42 Å². The van der Waals surface area contributed by atoms with Crippen LogP contribution in [0.2, 0.25) is 0 Å². The molecule has 3 aromatic heterocycles. The van der Waals surface area contributed by atoms with Gasteiger partial charge in [0.25, 0.3) is 0 Å². The summed E-state index contributed by atoms with van der Waals surface area (Å²) in [5, 5.41) is 4.62. The maximum absolute atomic E-state index is 6.34. The van der Waals surface area contributed by atoms with Crippen molar-refractivity contribution in [2.24, 2.45) is 0 Å². The zero-order chi connectivity index (χ0) is 21.1. The van der Waals surface area contributed by atoms with E-state index < -0.39 is 0 Å². The molecule has 3 nitrogen and oxygen atoms in total. The summed E-state index contributed by atoms with van der Waals surface area (Å²) in [6.07, 6.45) is 3.79. The van der Waals surface area contributed by atoms with Gasteiger partial charge < -0.3 is 8.98 Å². The molecule has 0 fully saturated rings. The van der Waals surface area contributed by atoms with Crippen molar-refractivity contribution in [1.29, 1.82) is 0 Å². The van der Waals surface area contributed by atoms with Crippen molar-refractivity contribution in [3.63, 3.8) is 0 Å². The number of hydrogen-bond acceptors (Lipinski definition) is 2. The highest BCUT2D eigenvalue weighted by molar-refractivity contribution is 6.11. The Morgan fingerprint density at radius 2 is 1.28 bits per heavy atom. The molecule has 0 aliphatic heterocycles. The van der Waals surface area contributed by atoms with E-state index in [0.29, 0.717) is 0 Å². The van der Waals surface area contributed by atoms with Gasteiger partial charge >= 0.3 is 0 Å². The lowest BCUT2D eigenvalue weighted by Gasteiger charge is -2.07. The summed E-state index contributed by atoms with van der Waals surface area (Å²) in [5.74, 6) is 0. The van der Waals surface area contributed by atoms with Gasteiger partial charge in [-0.3, -0.25) is 4.98 Å². The maximum atomic E-state index is 6.34. The zero-order valence-electron chi connectivity index (χ0n) is 17.2. The molecule has 0 spiro atoms. The van der Waals surface area contributed by atoms with E-state index in [1.54, 1.807) is 0 Å². The number of furan rings is 1. The molecule has 7 aromatic rings. The van der Waals surface area contributed by atoms with Gasteiger partial charge in [-0.2, -0.15) is 0 Å². The molecule has 0 saturated heterocycles. The van der Waals surface area contributed by atoms with Crippen LogP contribution in [0.25, 0.3) is 60.6 Å². The average molecular weight is 410 g/mol. The van der Waals surface area contributed by atoms with Crippen molar-refractivity contribution in [1.82, 2.24) is 9.55 Å². The minimum atomic E-state index is 0.870. The number of benzene rings is 4. The van der Waals surface area contributed by atoms with E-state index in [1.807, 2.05) is 30.6 Å². The summed E-state index contributed by atoms with van der Waals surface area (Å²) >= 11 is 0. The van der Waals surface area contributed by atoms with Crippen molar-refractivity contribution in [3.05, 3.63) is 109 Å². The first kappa shape index (κ1) is 17.3. The van der Waals surface area contributed by atoms with E-state index in [2.05, 4.69) is 88.4 Å². The van der Waals surface area contributed by atoms with Gasteiger partial charge in [-0.1, -0.05) is 66.7 Å². The third-order valence-electron chi connectivity index (χ3n) is 6.28. The molecule has 32 heavy (non-hydrogen) atoms. The highest BCUT2D eigenvalue weighted by Gasteiger charge is 2.16. The van der Waals surface area contributed by atoms with Gasteiger partial charge in [-0.15, -0.1) is 0 Å². The lowest BCUT2D eigenvalue weighted by Crippen LogP contribution is -1.93. The molecule has 0 bridgehead atoms. The highest BCUT2D eigenvalue weighted by atomic mass is 16.3. The minimum absolute atomic E-state index is 0.870. The summed E-state index contributed by atoms with van der Waals surface area (Å²) in [4.78, 5) is 4.54. The second-order valence-electron chi connectivity index (χ2n) is 8.08. The van der Waals surface area contributed by atoms with Gasteiger partial charge in [0.1, 0.15) is 11.2 Å². The van der Waals surface area contributed by atoms with Gasteiger partial charge in [-0.05, 0) is 35.9 Å². The quantitative estimate of drug-likeness (QED) is 0.292. The molecule has 7 rings (SSSR count). The first-order valence-electron chi connectivity index (χ1n) is 10.7. The molecule has 0 atom stereocenters. The monoisotopic (exact) mass is 410 g/mol. The Morgan fingerprint density at radius 3 is 2.03 bits per heavy atom. The van der Waals surface area contributed by atoms with Crippen molar-refractivity contribution in [3.8, 4) is 16.8 Å². The number of nitrogens with zero attached hydrogens (tertiary/aromatic N) is 2. The molecule has 3 heterocycles. The number of rotatable bonds is 2. The fourth-order valence-electron chi connectivity index (χ4n) is 4.84. The van der Waals surface area contributed by atoms with Gasteiger partial charge in [0.05, 0.1) is 11.0 Å². The second-order valence-corrected chi connectivity index (χ2v) is 8.08. The minimum Gasteiger partial charge on any atom is -0.455 e. The Hall–Kier alpha value is -4.37. The predicted molar refractivity (Wildman–Crippen MR) is 131 cm³/mol. The van der Waals surface area contributed by atoms with Gasteiger partial charge in [0.15, 0.2) is 0 Å². The average Bonchev–Trinajstić information content (AvgIpc) is 3.40. The zero-order valence-corrected chi connectivity index (χ0v) is 17.2. The molecular formula is C29H18N2O. The molecule has 0 aliphatic rings. The van der Waals surface area contributed by atoms with Gasteiger partial charge in [-0.25, -0.2) is 0 Å². The summed E-state index contributed by atoms with van der Waals surface area (Å²) in [7, 11) is 0. The predicted octanol–water partition coefficient (Wildman–Crippen LogP) is 7.75. The number of aromatic nitrogens is 2. The van der Waals surface area contributed by atoms with Crippen LogP contribution in [0.4, 0.5) is 0 Å². The summed E-state index contributed by atoms with van der Waals surface area (Å²) in [5.41, 5.74) is 7.37. The van der Waals surface area contributed by atoms with Crippen LogP contribution in [0.5, 0.6) is 0 Å². The van der Waals surface area contributed by atoms with Crippen LogP contribution < -0.4 is 0 Å². The topological polar surface area (TPSA) is 31.0 Å². The maximum Gasteiger partial charge on any atom is 0.146 e. The Labute approximate surface area is 184 Å². The molecule has 0 radical (unpaired) electrons. The third kappa shape index (κ3) is 2.39. The van der Waals surface area contributed by atoms with Crippen LogP contribution in [0, 0.1) is 0 Å². The molecule has 0 amide bonds. The largest absolute Gasteiger partial charge is 0.455 e. The number of pyridine rings is 1. The van der Waals surface area contributed by atoms with Gasteiger partial charge in [0.2, 0.25) is 0 Å². The standard InChI is InChI=1S/C29H18N2O/c1-2-8-19(9-3-1)24-17-30-18-25-23-16-20(14-15-28(23)32-29(24)25)31-26-12-6-4-10-21(26)22-11-5-7-13-27(22)31/h1-18H. The normalized spacial score (nSPS) is 11.8. The molecule has 0 N–H and O–H groups in total. The van der Waals surface area contributed by atoms with Crippen molar-refractivity contribution in [2.45, 2.75) is 0 Å². The van der Waals surface area contributed by atoms with E-state index in [0.717, 1.165) is 38.8 Å². The fourth-order valence-corrected chi connectivity index (χ4v) is 4.84. The molecular weight excluding hydrogens is 392 g/mol. The summed E-state index contributed by atoms with van der Waals surface area (Å²) < 4.78 is 8.67. The number of fused-ring (bicyclic) bond motifs is 6. The van der Waals surface area contributed by atoms with E-state index in [-0.39, 0.29) is 0 Å². The van der Waals surface area contributed by atoms with Crippen molar-refractivity contribution < 1.29 is 4.42 Å². The first-order chi connectivity index (χ1) is 15.9. The Bertz CT molecular complexity index is 1720. The van der Waals surface area contributed by atoms with Gasteiger partial charge in [0, 0.05) is 45.2 Å². The Kier molecular flexibility index (Phi) is 3.55. The lowest BCUT2D eigenvalue weighted by molar-refractivity contribution is 0.669. The van der Waals surface area contributed by atoms with Crippen LogP contribution in [-0.2, 0) is 0 Å². The van der Waals surface area contributed by atoms with Crippen molar-refractivity contribution in [2.75, 3.05) is 0 Å². The fraction of sp³-hybridized carbons (Fsp3) is 0. The van der Waals surface area contributed by atoms with Crippen LogP contribution >= 0.6 is 0 Å². The van der Waals surface area contributed by atoms with Crippen LogP contribution in [0.3, 0.4) is 0 Å². The van der Waals surface area contributed by atoms with Crippen LogP contribution in [0.15, 0.2) is 114 Å². The highest BCUT2D eigenvalue weighted by Crippen LogP contribution is 2.37. The molecule has 0 saturated carbocycles. The van der Waals surface area contributed by atoms with E-state index >= 15 is 0 Å². The van der Waals surface area contributed by atoms with Crippen LogP contribution in [0.1, 0.15) is 0 Å². The summed E-state index contributed by atoms with van der Waals surface area (Å²) in [6.45, 7) is 0. The van der Waals surface area contributed by atoms with Crippen molar-refractivity contribution >= 4 is 43.7 Å². The van der Waals surface area contributed by atoms with E-state index in [1.165, 1.54) is 21.8 Å². The smallest absolute Gasteiger partial charge is 0.146 e. The van der Waals surface area contributed by atoms with E-state index in [9.17, 15) is 0 Å².